The van der Waals surface area contributed by atoms with E-state index in [4.69, 9.17) is 4.74 Å². The molecule has 0 heterocycles. The Morgan fingerprint density at radius 1 is 1.17 bits per heavy atom. The Morgan fingerprint density at radius 3 is 2.43 bits per heavy atom. The van der Waals surface area contributed by atoms with Gasteiger partial charge in [0.2, 0.25) is 0 Å². The van der Waals surface area contributed by atoms with E-state index < -0.39 is 0 Å². The van der Waals surface area contributed by atoms with Gasteiger partial charge in [0.05, 0.1) is 0 Å². The largest absolute Gasteiger partial charge is 0.382 e. The molecule has 23 heavy (non-hydrogen) atoms. The number of aliphatic imine (C=N–C) groups is 1. The molecule has 0 bridgehead atoms. The molecule has 0 fully saturated rings. The van der Waals surface area contributed by atoms with Crippen molar-refractivity contribution in [3.8, 4) is 0 Å². The third kappa shape index (κ3) is 11.6. The first-order valence-electron chi connectivity index (χ1n) is 7.67. The number of hydrogen-bond donors (Lipinski definition) is 2. The summed E-state index contributed by atoms with van der Waals surface area (Å²) in [5, 5.41) is 6.53. The Balaban J connectivity index is 0.00000484. The summed E-state index contributed by atoms with van der Waals surface area (Å²) in [6, 6.07) is 6.61. The summed E-state index contributed by atoms with van der Waals surface area (Å²) in [7, 11) is 1.77. The number of thioether (sulfide) groups is 1. The predicted molar refractivity (Wildman–Crippen MR) is 108 cm³/mol. The molecular formula is C16H27FIN3OS. The number of halogens is 2. The van der Waals surface area contributed by atoms with E-state index in [9.17, 15) is 4.39 Å². The van der Waals surface area contributed by atoms with Gasteiger partial charge in [-0.2, -0.15) is 0 Å². The number of nitrogens with zero attached hydrogens (tertiary/aromatic N) is 1. The molecule has 4 nitrogen and oxygen atoms in total. The fraction of sp³-hybridized carbons (Fsp3) is 0.562. The summed E-state index contributed by atoms with van der Waals surface area (Å²) < 4.78 is 18.1. The first kappa shape index (κ1) is 22.5. The second-order valence-electron chi connectivity index (χ2n) is 4.63. The van der Waals surface area contributed by atoms with Crippen LogP contribution in [0.1, 0.15) is 19.8 Å². The lowest BCUT2D eigenvalue weighted by Crippen LogP contribution is -2.38. The standard InChI is InChI=1S/C16H26FN3OS.HI/c1-3-21-12-4-10-19-16(18-2)20-11-5-13-22-15-8-6-14(17)7-9-15;/h6-9H,3-5,10-13H2,1-2H3,(H2,18,19,20);1H. The molecule has 0 spiro atoms. The van der Waals surface area contributed by atoms with Crippen LogP contribution in [0.25, 0.3) is 0 Å². The van der Waals surface area contributed by atoms with Crippen LogP contribution in [-0.4, -0.2) is 45.1 Å². The summed E-state index contributed by atoms with van der Waals surface area (Å²) >= 11 is 1.73. The van der Waals surface area contributed by atoms with Crippen LogP contribution in [0.2, 0.25) is 0 Å². The molecule has 0 aliphatic rings. The van der Waals surface area contributed by atoms with Crippen molar-refractivity contribution in [1.29, 1.82) is 0 Å². The van der Waals surface area contributed by atoms with Gasteiger partial charge in [0.1, 0.15) is 5.82 Å². The molecule has 7 heteroatoms. The van der Waals surface area contributed by atoms with Gasteiger partial charge >= 0.3 is 0 Å². The Kier molecular flexibility index (Phi) is 14.7. The zero-order valence-electron chi connectivity index (χ0n) is 13.8. The average molecular weight is 455 g/mol. The first-order valence-corrected chi connectivity index (χ1v) is 8.65. The number of ether oxygens (including phenoxy) is 1. The average Bonchev–Trinajstić information content (AvgIpc) is 2.54. The van der Waals surface area contributed by atoms with Crippen LogP contribution in [0.3, 0.4) is 0 Å². The van der Waals surface area contributed by atoms with Crippen molar-refractivity contribution in [2.24, 2.45) is 4.99 Å². The van der Waals surface area contributed by atoms with Crippen molar-refractivity contribution in [1.82, 2.24) is 10.6 Å². The predicted octanol–water partition coefficient (Wildman–Crippen LogP) is 3.52. The van der Waals surface area contributed by atoms with Gasteiger partial charge in [0, 0.05) is 38.2 Å². The number of rotatable bonds is 10. The maximum Gasteiger partial charge on any atom is 0.190 e. The second kappa shape index (κ2) is 15.0. The molecule has 0 saturated heterocycles. The molecule has 0 atom stereocenters. The van der Waals surface area contributed by atoms with Crippen LogP contribution in [0.15, 0.2) is 34.2 Å². The lowest BCUT2D eigenvalue weighted by atomic mass is 10.4. The van der Waals surface area contributed by atoms with Gasteiger partial charge in [-0.05, 0) is 49.8 Å². The van der Waals surface area contributed by atoms with Gasteiger partial charge in [0.15, 0.2) is 5.96 Å². The van der Waals surface area contributed by atoms with Crippen LogP contribution in [0, 0.1) is 5.82 Å². The van der Waals surface area contributed by atoms with E-state index in [1.807, 2.05) is 19.1 Å². The Labute approximate surface area is 160 Å². The molecule has 0 amide bonds. The molecule has 0 aliphatic carbocycles. The van der Waals surface area contributed by atoms with Gasteiger partial charge < -0.3 is 15.4 Å². The molecule has 0 aliphatic heterocycles. The quantitative estimate of drug-likeness (QED) is 0.186. The van der Waals surface area contributed by atoms with E-state index in [1.54, 1.807) is 18.8 Å². The number of guanidine groups is 1. The van der Waals surface area contributed by atoms with Crippen molar-refractivity contribution >= 4 is 41.7 Å². The van der Waals surface area contributed by atoms with Crippen molar-refractivity contribution in [2.45, 2.75) is 24.7 Å². The smallest absolute Gasteiger partial charge is 0.190 e. The molecule has 132 valence electrons. The van der Waals surface area contributed by atoms with Gasteiger partial charge in [-0.3, -0.25) is 4.99 Å². The Morgan fingerprint density at radius 2 is 1.83 bits per heavy atom. The van der Waals surface area contributed by atoms with Crippen molar-refractivity contribution in [3.05, 3.63) is 30.1 Å². The minimum Gasteiger partial charge on any atom is -0.382 e. The SMILES string of the molecule is CCOCCCNC(=NC)NCCCSc1ccc(F)cc1.I. The van der Waals surface area contributed by atoms with E-state index in [2.05, 4.69) is 15.6 Å². The fourth-order valence-corrected chi connectivity index (χ4v) is 2.60. The molecular weight excluding hydrogens is 428 g/mol. The summed E-state index contributed by atoms with van der Waals surface area (Å²) in [6.07, 6.45) is 1.98. The zero-order valence-corrected chi connectivity index (χ0v) is 17.0. The lowest BCUT2D eigenvalue weighted by molar-refractivity contribution is 0.145. The van der Waals surface area contributed by atoms with Crippen LogP contribution >= 0.6 is 35.7 Å². The molecule has 2 N–H and O–H groups in total. The third-order valence-corrected chi connectivity index (χ3v) is 3.98. The molecule has 0 aromatic heterocycles. The highest BCUT2D eigenvalue weighted by atomic mass is 127. The van der Waals surface area contributed by atoms with Crippen molar-refractivity contribution in [2.75, 3.05) is 39.1 Å². The van der Waals surface area contributed by atoms with E-state index in [1.165, 1.54) is 12.1 Å². The molecule has 0 saturated carbocycles. The normalized spacial score (nSPS) is 11.0. The lowest BCUT2D eigenvalue weighted by Gasteiger charge is -2.11. The first-order chi connectivity index (χ1) is 10.8. The van der Waals surface area contributed by atoms with Gasteiger partial charge in [-0.15, -0.1) is 35.7 Å². The number of benzene rings is 1. The molecule has 1 aromatic carbocycles. The zero-order chi connectivity index (χ0) is 16.0. The highest BCUT2D eigenvalue weighted by Gasteiger charge is 1.98. The van der Waals surface area contributed by atoms with Crippen LogP contribution in [-0.2, 0) is 4.74 Å². The molecule has 1 rings (SSSR count). The maximum absolute atomic E-state index is 12.8. The fourth-order valence-electron chi connectivity index (χ4n) is 1.75. The number of hydrogen-bond acceptors (Lipinski definition) is 3. The minimum absolute atomic E-state index is 0. The monoisotopic (exact) mass is 455 g/mol. The molecule has 0 radical (unpaired) electrons. The van der Waals surface area contributed by atoms with Crippen LogP contribution < -0.4 is 10.6 Å². The van der Waals surface area contributed by atoms with Crippen molar-refractivity contribution in [3.63, 3.8) is 0 Å². The van der Waals surface area contributed by atoms with Gasteiger partial charge in [-0.25, -0.2) is 4.39 Å². The third-order valence-electron chi connectivity index (χ3n) is 2.88. The highest BCUT2D eigenvalue weighted by Crippen LogP contribution is 2.18. The van der Waals surface area contributed by atoms with E-state index in [0.29, 0.717) is 0 Å². The second-order valence-corrected chi connectivity index (χ2v) is 5.80. The Bertz CT molecular complexity index is 432. The maximum atomic E-state index is 12.8. The molecule has 1 aromatic rings. The van der Waals surface area contributed by atoms with Gasteiger partial charge in [0.25, 0.3) is 0 Å². The minimum atomic E-state index is -0.190. The summed E-state index contributed by atoms with van der Waals surface area (Å²) in [5.74, 6) is 1.62. The Hall–Kier alpha value is -0.540. The van der Waals surface area contributed by atoms with E-state index in [-0.39, 0.29) is 29.8 Å². The summed E-state index contributed by atoms with van der Waals surface area (Å²) in [6.45, 7) is 5.24. The van der Waals surface area contributed by atoms with Crippen LogP contribution in [0.5, 0.6) is 0 Å². The molecule has 0 unspecified atom stereocenters. The van der Waals surface area contributed by atoms with Crippen molar-refractivity contribution < 1.29 is 9.13 Å². The van der Waals surface area contributed by atoms with E-state index in [0.717, 1.165) is 55.8 Å². The number of nitrogens with one attached hydrogen (secondary N) is 2. The van der Waals surface area contributed by atoms with Gasteiger partial charge in [-0.1, -0.05) is 0 Å². The highest BCUT2D eigenvalue weighted by molar-refractivity contribution is 14.0. The summed E-state index contributed by atoms with van der Waals surface area (Å²) in [4.78, 5) is 5.27. The van der Waals surface area contributed by atoms with Crippen LogP contribution in [0.4, 0.5) is 4.39 Å². The topological polar surface area (TPSA) is 45.6 Å². The van der Waals surface area contributed by atoms with E-state index >= 15 is 0 Å². The summed E-state index contributed by atoms with van der Waals surface area (Å²) in [5.41, 5.74) is 0.